The van der Waals surface area contributed by atoms with Crippen molar-refractivity contribution in [3.8, 4) is 0 Å². The molecule has 0 aromatic rings. The molecule has 1 amide bonds. The van der Waals surface area contributed by atoms with E-state index in [9.17, 15) is 4.79 Å². The van der Waals surface area contributed by atoms with Gasteiger partial charge in [0.15, 0.2) is 0 Å². The predicted molar refractivity (Wildman–Crippen MR) is 49.0 cm³/mol. The Kier molecular flexibility index (Phi) is 9.61. The van der Waals surface area contributed by atoms with Gasteiger partial charge in [0.05, 0.1) is 33.0 Å². The van der Waals surface area contributed by atoms with Gasteiger partial charge in [-0.1, -0.05) is 0 Å². The van der Waals surface area contributed by atoms with Crippen molar-refractivity contribution in [2.24, 2.45) is 5.73 Å². The molecular weight excluding hydrogens is 190 g/mol. The van der Waals surface area contributed by atoms with Crippen molar-refractivity contribution in [3.05, 3.63) is 0 Å². The zero-order chi connectivity index (χ0) is 10.6. The fourth-order valence-electron chi connectivity index (χ4n) is 0.665. The number of amides is 1. The maximum Gasteiger partial charge on any atom is 0.404 e. The average molecular weight is 207 g/mol. The number of ether oxygens (including phenoxy) is 4. The molecule has 0 fully saturated rings. The fraction of sp³-hybridized carbons (Fsp3) is 0.875. The molecule has 14 heavy (non-hydrogen) atoms. The van der Waals surface area contributed by atoms with E-state index in [1.165, 1.54) is 0 Å². The highest BCUT2D eigenvalue weighted by Gasteiger charge is 1.93. The summed E-state index contributed by atoms with van der Waals surface area (Å²) in [5, 5.41) is 0. The molecule has 0 radical (unpaired) electrons. The third kappa shape index (κ3) is 11.2. The summed E-state index contributed by atoms with van der Waals surface area (Å²) in [6.45, 7) is 2.60. The van der Waals surface area contributed by atoms with E-state index >= 15 is 0 Å². The Hall–Kier alpha value is -0.850. The first kappa shape index (κ1) is 13.2. The molecule has 0 saturated heterocycles. The normalized spacial score (nSPS) is 10.1. The van der Waals surface area contributed by atoms with Crippen LogP contribution in [0.25, 0.3) is 0 Å². The number of methoxy groups -OCH3 is 1. The molecule has 0 aromatic heterocycles. The zero-order valence-electron chi connectivity index (χ0n) is 8.36. The lowest BCUT2D eigenvalue weighted by Crippen LogP contribution is -2.17. The lowest BCUT2D eigenvalue weighted by molar-refractivity contribution is 0.0138. The molecule has 0 aliphatic carbocycles. The van der Waals surface area contributed by atoms with Gasteiger partial charge in [-0.25, -0.2) is 4.79 Å². The minimum Gasteiger partial charge on any atom is -0.447 e. The summed E-state index contributed by atoms with van der Waals surface area (Å²) in [5.41, 5.74) is 4.73. The monoisotopic (exact) mass is 207 g/mol. The molecule has 0 aliphatic rings. The first-order valence-electron chi connectivity index (χ1n) is 4.34. The molecule has 0 aliphatic heterocycles. The van der Waals surface area contributed by atoms with Crippen molar-refractivity contribution in [2.45, 2.75) is 0 Å². The molecule has 0 unspecified atom stereocenters. The molecule has 0 aromatic carbocycles. The van der Waals surface area contributed by atoms with E-state index in [1.807, 2.05) is 0 Å². The number of carbonyl (C=O) groups excluding carboxylic acids is 1. The Morgan fingerprint density at radius 1 is 1.00 bits per heavy atom. The summed E-state index contributed by atoms with van der Waals surface area (Å²) < 4.78 is 19.4. The van der Waals surface area contributed by atoms with Gasteiger partial charge >= 0.3 is 6.09 Å². The first-order valence-corrected chi connectivity index (χ1v) is 4.34. The molecule has 0 spiro atoms. The third-order valence-corrected chi connectivity index (χ3v) is 1.28. The van der Waals surface area contributed by atoms with Crippen molar-refractivity contribution in [1.29, 1.82) is 0 Å². The number of hydrogen-bond donors (Lipinski definition) is 1. The van der Waals surface area contributed by atoms with Gasteiger partial charge in [0.2, 0.25) is 0 Å². The Morgan fingerprint density at radius 2 is 1.50 bits per heavy atom. The SMILES string of the molecule is COCCOCCOCCOC(N)=O. The van der Waals surface area contributed by atoms with Crippen molar-refractivity contribution in [2.75, 3.05) is 46.8 Å². The maximum atomic E-state index is 10.1. The second-order valence-corrected chi connectivity index (χ2v) is 2.39. The van der Waals surface area contributed by atoms with Crippen LogP contribution in [-0.2, 0) is 18.9 Å². The lowest BCUT2D eigenvalue weighted by Gasteiger charge is -2.05. The molecular formula is C8H17NO5. The van der Waals surface area contributed by atoms with Crippen LogP contribution in [0.2, 0.25) is 0 Å². The molecule has 0 bridgehead atoms. The number of nitrogens with two attached hydrogens (primary N) is 1. The van der Waals surface area contributed by atoms with E-state index in [0.717, 1.165) is 0 Å². The molecule has 6 heteroatoms. The van der Waals surface area contributed by atoms with Crippen LogP contribution < -0.4 is 5.73 Å². The summed E-state index contributed by atoms with van der Waals surface area (Å²) >= 11 is 0. The Morgan fingerprint density at radius 3 is 2.00 bits per heavy atom. The van der Waals surface area contributed by atoms with Gasteiger partial charge in [-0.15, -0.1) is 0 Å². The third-order valence-electron chi connectivity index (χ3n) is 1.28. The highest BCUT2D eigenvalue weighted by Crippen LogP contribution is 1.81. The average Bonchev–Trinajstić information content (AvgIpc) is 2.15. The van der Waals surface area contributed by atoms with Gasteiger partial charge in [0.1, 0.15) is 6.61 Å². The van der Waals surface area contributed by atoms with Crippen molar-refractivity contribution in [3.63, 3.8) is 0 Å². The van der Waals surface area contributed by atoms with Gasteiger partial charge in [-0.3, -0.25) is 0 Å². The molecule has 2 N–H and O–H groups in total. The molecule has 6 nitrogen and oxygen atoms in total. The zero-order valence-corrected chi connectivity index (χ0v) is 8.36. The topological polar surface area (TPSA) is 80.0 Å². The number of rotatable bonds is 9. The van der Waals surface area contributed by atoms with Crippen molar-refractivity contribution in [1.82, 2.24) is 0 Å². The quantitative estimate of drug-likeness (QED) is 0.528. The fourth-order valence-corrected chi connectivity index (χ4v) is 0.665. The Balaban J connectivity index is 2.88. The van der Waals surface area contributed by atoms with E-state index < -0.39 is 6.09 Å². The van der Waals surface area contributed by atoms with Gasteiger partial charge in [0.25, 0.3) is 0 Å². The van der Waals surface area contributed by atoms with Crippen LogP contribution in [0.15, 0.2) is 0 Å². The standard InChI is InChI=1S/C8H17NO5/c1-11-2-3-12-4-5-13-6-7-14-8(9)10/h2-7H2,1H3,(H2,9,10). The van der Waals surface area contributed by atoms with E-state index in [0.29, 0.717) is 33.0 Å². The Bertz CT molecular complexity index is 142. The van der Waals surface area contributed by atoms with Crippen molar-refractivity contribution >= 4 is 6.09 Å². The van der Waals surface area contributed by atoms with Crippen LogP contribution in [0.5, 0.6) is 0 Å². The highest BCUT2D eigenvalue weighted by molar-refractivity contribution is 5.64. The van der Waals surface area contributed by atoms with Gasteiger partial charge < -0.3 is 24.7 Å². The van der Waals surface area contributed by atoms with Gasteiger partial charge in [0, 0.05) is 7.11 Å². The van der Waals surface area contributed by atoms with E-state index in [4.69, 9.17) is 19.9 Å². The largest absolute Gasteiger partial charge is 0.447 e. The van der Waals surface area contributed by atoms with Crippen LogP contribution >= 0.6 is 0 Å². The predicted octanol–water partition coefficient (Wildman–Crippen LogP) is -0.239. The van der Waals surface area contributed by atoms with Crippen molar-refractivity contribution < 1.29 is 23.7 Å². The summed E-state index contributed by atoms with van der Waals surface area (Å²) in [6, 6.07) is 0. The second kappa shape index (κ2) is 10.2. The first-order chi connectivity index (χ1) is 6.77. The number of carbonyl (C=O) groups is 1. The minimum atomic E-state index is -0.787. The maximum absolute atomic E-state index is 10.1. The number of hydrogen-bond acceptors (Lipinski definition) is 5. The highest BCUT2D eigenvalue weighted by atomic mass is 16.6. The van der Waals surface area contributed by atoms with Crippen LogP contribution in [0.1, 0.15) is 0 Å². The van der Waals surface area contributed by atoms with Gasteiger partial charge in [-0.2, -0.15) is 0 Å². The van der Waals surface area contributed by atoms with E-state index in [1.54, 1.807) is 7.11 Å². The van der Waals surface area contributed by atoms with Crippen LogP contribution in [0.3, 0.4) is 0 Å². The van der Waals surface area contributed by atoms with Crippen LogP contribution in [0.4, 0.5) is 4.79 Å². The molecule has 0 heterocycles. The van der Waals surface area contributed by atoms with Crippen LogP contribution in [-0.4, -0.2) is 52.8 Å². The second-order valence-electron chi connectivity index (χ2n) is 2.39. The van der Waals surface area contributed by atoms with E-state index in [-0.39, 0.29) is 6.61 Å². The molecule has 0 saturated carbocycles. The van der Waals surface area contributed by atoms with Crippen LogP contribution in [0, 0.1) is 0 Å². The molecule has 0 rings (SSSR count). The Labute approximate surface area is 83.2 Å². The smallest absolute Gasteiger partial charge is 0.404 e. The summed E-state index contributed by atoms with van der Waals surface area (Å²) in [7, 11) is 1.61. The summed E-state index contributed by atoms with van der Waals surface area (Å²) in [5.74, 6) is 0. The molecule has 84 valence electrons. The lowest BCUT2D eigenvalue weighted by atomic mass is 10.7. The number of primary amides is 1. The summed E-state index contributed by atoms with van der Waals surface area (Å²) in [6.07, 6.45) is -0.787. The summed E-state index contributed by atoms with van der Waals surface area (Å²) in [4.78, 5) is 10.1. The minimum absolute atomic E-state index is 0.174. The molecule has 0 atom stereocenters. The van der Waals surface area contributed by atoms with Gasteiger partial charge in [-0.05, 0) is 0 Å². The van der Waals surface area contributed by atoms with E-state index in [2.05, 4.69) is 4.74 Å².